The first-order valence-corrected chi connectivity index (χ1v) is 6.57. The lowest BCUT2D eigenvalue weighted by molar-refractivity contribution is -0.125. The molecule has 1 aromatic rings. The van der Waals surface area contributed by atoms with Crippen molar-refractivity contribution in [2.75, 3.05) is 13.1 Å². The van der Waals surface area contributed by atoms with Crippen molar-refractivity contribution in [2.45, 2.75) is 26.2 Å². The molecule has 0 spiro atoms. The molecule has 1 aliphatic carbocycles. The van der Waals surface area contributed by atoms with E-state index >= 15 is 0 Å². The molecule has 3 nitrogen and oxygen atoms in total. The summed E-state index contributed by atoms with van der Waals surface area (Å²) in [6.45, 7) is 3.31. The molecule has 1 amide bonds. The number of carbonyl (C=O) groups is 1. The molecule has 0 atom stereocenters. The highest BCUT2D eigenvalue weighted by atomic mass is 32.1. The van der Waals surface area contributed by atoms with E-state index in [1.165, 1.54) is 10.4 Å². The number of nitrogens with two attached hydrogens (primary N) is 1. The highest BCUT2D eigenvalue weighted by Crippen LogP contribution is 2.44. The first kappa shape index (κ1) is 11.6. The van der Waals surface area contributed by atoms with Gasteiger partial charge in [0.15, 0.2) is 0 Å². The predicted octanol–water partition coefficient (Wildman–Crippen LogP) is 1.45. The van der Waals surface area contributed by atoms with Crippen LogP contribution < -0.4 is 11.1 Å². The Morgan fingerprint density at radius 2 is 2.38 bits per heavy atom. The molecule has 1 heterocycles. The second-order valence-corrected chi connectivity index (χ2v) is 5.52. The molecule has 1 saturated carbocycles. The first-order chi connectivity index (χ1) is 7.68. The Balaban J connectivity index is 1.77. The van der Waals surface area contributed by atoms with E-state index in [1.54, 1.807) is 11.3 Å². The number of hydrogen-bond acceptors (Lipinski definition) is 3. The molecule has 1 aromatic heterocycles. The SMILES string of the molecule is Cc1ccsc1CCNC(=O)C1(CN)CC1. The Morgan fingerprint density at radius 1 is 1.62 bits per heavy atom. The van der Waals surface area contributed by atoms with Gasteiger partial charge in [0.25, 0.3) is 0 Å². The van der Waals surface area contributed by atoms with Crippen molar-refractivity contribution in [3.8, 4) is 0 Å². The third-order valence-electron chi connectivity index (χ3n) is 3.33. The van der Waals surface area contributed by atoms with Crippen LogP contribution in [0.2, 0.25) is 0 Å². The topological polar surface area (TPSA) is 55.1 Å². The summed E-state index contributed by atoms with van der Waals surface area (Å²) in [7, 11) is 0. The Hall–Kier alpha value is -0.870. The van der Waals surface area contributed by atoms with Crippen LogP contribution >= 0.6 is 11.3 Å². The van der Waals surface area contributed by atoms with Crippen LogP contribution in [0.1, 0.15) is 23.3 Å². The van der Waals surface area contributed by atoms with Gasteiger partial charge in [0.1, 0.15) is 0 Å². The van der Waals surface area contributed by atoms with Crippen molar-refractivity contribution >= 4 is 17.2 Å². The van der Waals surface area contributed by atoms with E-state index in [0.717, 1.165) is 25.8 Å². The molecule has 4 heteroatoms. The molecule has 0 bridgehead atoms. The second-order valence-electron chi connectivity index (χ2n) is 4.52. The van der Waals surface area contributed by atoms with E-state index in [2.05, 4.69) is 23.7 Å². The highest BCUT2D eigenvalue weighted by Gasteiger charge is 2.48. The van der Waals surface area contributed by atoms with Gasteiger partial charge in [0, 0.05) is 18.0 Å². The summed E-state index contributed by atoms with van der Waals surface area (Å²) in [6, 6.07) is 2.12. The Labute approximate surface area is 100 Å². The maximum absolute atomic E-state index is 11.8. The van der Waals surface area contributed by atoms with Crippen LogP contribution in [0.5, 0.6) is 0 Å². The van der Waals surface area contributed by atoms with E-state index in [9.17, 15) is 4.79 Å². The van der Waals surface area contributed by atoms with Crippen molar-refractivity contribution in [1.29, 1.82) is 0 Å². The van der Waals surface area contributed by atoms with Crippen molar-refractivity contribution in [2.24, 2.45) is 11.1 Å². The minimum Gasteiger partial charge on any atom is -0.355 e. The van der Waals surface area contributed by atoms with Gasteiger partial charge in [0.2, 0.25) is 5.91 Å². The standard InChI is InChI=1S/C12H18N2OS/c1-9-3-7-16-10(9)2-6-14-11(15)12(8-13)4-5-12/h3,7H,2,4-6,8,13H2,1H3,(H,14,15). The van der Waals surface area contributed by atoms with Crippen LogP contribution in [0.4, 0.5) is 0 Å². The van der Waals surface area contributed by atoms with Gasteiger partial charge in [-0.3, -0.25) is 4.79 Å². The monoisotopic (exact) mass is 238 g/mol. The lowest BCUT2D eigenvalue weighted by Gasteiger charge is -2.12. The summed E-state index contributed by atoms with van der Waals surface area (Å²) in [5.41, 5.74) is 6.70. The Kier molecular flexibility index (Phi) is 3.30. The molecule has 0 radical (unpaired) electrons. The fraction of sp³-hybridized carbons (Fsp3) is 0.583. The molecule has 0 unspecified atom stereocenters. The number of amides is 1. The van der Waals surface area contributed by atoms with E-state index in [0.29, 0.717) is 6.54 Å². The summed E-state index contributed by atoms with van der Waals surface area (Å²) in [5, 5.41) is 5.08. The summed E-state index contributed by atoms with van der Waals surface area (Å²) in [6.07, 6.45) is 2.83. The summed E-state index contributed by atoms with van der Waals surface area (Å²) >= 11 is 1.75. The molecular formula is C12H18N2OS. The minimum atomic E-state index is -0.218. The minimum absolute atomic E-state index is 0.143. The second kappa shape index (κ2) is 4.55. The van der Waals surface area contributed by atoms with Gasteiger partial charge in [-0.25, -0.2) is 0 Å². The van der Waals surface area contributed by atoms with E-state index in [1.807, 2.05) is 0 Å². The van der Waals surface area contributed by atoms with Crippen LogP contribution in [0, 0.1) is 12.3 Å². The van der Waals surface area contributed by atoms with Crippen molar-refractivity contribution in [1.82, 2.24) is 5.32 Å². The van der Waals surface area contributed by atoms with Crippen LogP contribution in [0.3, 0.4) is 0 Å². The van der Waals surface area contributed by atoms with Gasteiger partial charge in [-0.15, -0.1) is 11.3 Å². The van der Waals surface area contributed by atoms with E-state index in [-0.39, 0.29) is 11.3 Å². The molecule has 1 fully saturated rings. The lowest BCUT2D eigenvalue weighted by Crippen LogP contribution is -2.37. The first-order valence-electron chi connectivity index (χ1n) is 5.69. The molecule has 88 valence electrons. The number of hydrogen-bond donors (Lipinski definition) is 2. The molecule has 1 aliphatic rings. The number of thiophene rings is 1. The van der Waals surface area contributed by atoms with E-state index in [4.69, 9.17) is 5.73 Å². The van der Waals surface area contributed by atoms with Gasteiger partial charge >= 0.3 is 0 Å². The number of aryl methyl sites for hydroxylation is 1. The van der Waals surface area contributed by atoms with Crippen LogP contribution in [-0.4, -0.2) is 19.0 Å². The number of nitrogens with one attached hydrogen (secondary N) is 1. The van der Waals surface area contributed by atoms with Crippen LogP contribution in [0.25, 0.3) is 0 Å². The fourth-order valence-corrected chi connectivity index (χ4v) is 2.72. The smallest absolute Gasteiger partial charge is 0.227 e. The van der Waals surface area contributed by atoms with Crippen LogP contribution in [0.15, 0.2) is 11.4 Å². The molecule has 3 N–H and O–H groups in total. The van der Waals surface area contributed by atoms with Gasteiger partial charge in [-0.1, -0.05) is 0 Å². The highest BCUT2D eigenvalue weighted by molar-refractivity contribution is 7.10. The van der Waals surface area contributed by atoms with Crippen molar-refractivity contribution < 1.29 is 4.79 Å². The van der Waals surface area contributed by atoms with Crippen molar-refractivity contribution in [3.63, 3.8) is 0 Å². The number of rotatable bonds is 5. The van der Waals surface area contributed by atoms with Gasteiger partial charge in [-0.2, -0.15) is 0 Å². The number of carbonyl (C=O) groups excluding carboxylic acids is 1. The normalized spacial score (nSPS) is 17.1. The average Bonchev–Trinajstić information content (AvgIpc) is 2.99. The van der Waals surface area contributed by atoms with Crippen molar-refractivity contribution in [3.05, 3.63) is 21.9 Å². The lowest BCUT2D eigenvalue weighted by atomic mass is 10.1. The average molecular weight is 238 g/mol. The van der Waals surface area contributed by atoms with Crippen LogP contribution in [-0.2, 0) is 11.2 Å². The zero-order valence-electron chi connectivity index (χ0n) is 9.58. The maximum Gasteiger partial charge on any atom is 0.227 e. The summed E-state index contributed by atoms with van der Waals surface area (Å²) in [4.78, 5) is 13.1. The summed E-state index contributed by atoms with van der Waals surface area (Å²) < 4.78 is 0. The largest absolute Gasteiger partial charge is 0.355 e. The third-order valence-corrected chi connectivity index (χ3v) is 4.41. The fourth-order valence-electron chi connectivity index (χ4n) is 1.81. The Bertz CT molecular complexity index is 382. The zero-order chi connectivity index (χ0) is 11.6. The zero-order valence-corrected chi connectivity index (χ0v) is 10.4. The van der Waals surface area contributed by atoms with Gasteiger partial charge in [0.05, 0.1) is 5.41 Å². The van der Waals surface area contributed by atoms with E-state index < -0.39 is 0 Å². The summed E-state index contributed by atoms with van der Waals surface area (Å²) in [5.74, 6) is 0.143. The third kappa shape index (κ3) is 2.28. The Morgan fingerprint density at radius 3 is 2.88 bits per heavy atom. The van der Waals surface area contributed by atoms with Gasteiger partial charge < -0.3 is 11.1 Å². The maximum atomic E-state index is 11.8. The molecular weight excluding hydrogens is 220 g/mol. The molecule has 16 heavy (non-hydrogen) atoms. The molecule has 0 aliphatic heterocycles. The molecule has 0 aromatic carbocycles. The quantitative estimate of drug-likeness (QED) is 0.816. The van der Waals surface area contributed by atoms with Gasteiger partial charge in [-0.05, 0) is 43.2 Å². The predicted molar refractivity (Wildman–Crippen MR) is 66.5 cm³/mol. The molecule has 2 rings (SSSR count). The molecule has 0 saturated heterocycles.